The molecule has 0 aromatic heterocycles. The second-order valence-corrected chi connectivity index (χ2v) is 5.89. The molecule has 0 bridgehead atoms. The fourth-order valence-corrected chi connectivity index (χ4v) is 3.22. The summed E-state index contributed by atoms with van der Waals surface area (Å²) in [6.07, 6.45) is 3.78. The molecule has 2 heterocycles. The monoisotopic (exact) mass is 255 g/mol. The first kappa shape index (κ1) is 14.3. The standard InChI is InChI=1S/C14H29N3O/c1-13(3-2-5-15)11-16-6-4-14(12-16)17-7-9-18-10-8-17/h13-14H,2-12,15H2,1H3. The highest BCUT2D eigenvalue weighted by Gasteiger charge is 2.28. The van der Waals surface area contributed by atoms with Gasteiger partial charge in [0.1, 0.15) is 0 Å². The van der Waals surface area contributed by atoms with Crippen LogP contribution in [0.25, 0.3) is 0 Å². The molecule has 2 aliphatic heterocycles. The second kappa shape index (κ2) is 7.43. The molecule has 0 aromatic rings. The highest BCUT2D eigenvalue weighted by atomic mass is 16.5. The van der Waals surface area contributed by atoms with Crippen molar-refractivity contribution in [3.8, 4) is 0 Å². The third-order valence-corrected chi connectivity index (χ3v) is 4.28. The third kappa shape index (κ3) is 4.19. The van der Waals surface area contributed by atoms with Crippen molar-refractivity contribution >= 4 is 0 Å². The lowest BCUT2D eigenvalue weighted by atomic mass is 10.1. The predicted octanol–water partition coefficient (Wildman–Crippen LogP) is 0.768. The first-order chi connectivity index (χ1) is 8.79. The molecule has 0 amide bonds. The van der Waals surface area contributed by atoms with Crippen molar-refractivity contribution in [2.45, 2.75) is 32.2 Å². The largest absolute Gasteiger partial charge is 0.379 e. The van der Waals surface area contributed by atoms with Gasteiger partial charge in [-0.05, 0) is 38.3 Å². The van der Waals surface area contributed by atoms with Crippen molar-refractivity contribution in [1.29, 1.82) is 0 Å². The van der Waals surface area contributed by atoms with Gasteiger partial charge in [0, 0.05) is 32.2 Å². The number of likely N-dealkylation sites (tertiary alicyclic amines) is 1. The van der Waals surface area contributed by atoms with Crippen molar-refractivity contribution in [2.75, 3.05) is 52.5 Å². The zero-order valence-corrected chi connectivity index (χ0v) is 11.8. The molecule has 4 nitrogen and oxygen atoms in total. The molecule has 0 aliphatic carbocycles. The molecule has 2 N–H and O–H groups in total. The lowest BCUT2D eigenvalue weighted by Crippen LogP contribution is -2.44. The molecule has 2 saturated heterocycles. The minimum Gasteiger partial charge on any atom is -0.379 e. The molecule has 0 spiro atoms. The summed E-state index contributed by atoms with van der Waals surface area (Å²) in [5, 5.41) is 0. The van der Waals surface area contributed by atoms with Crippen molar-refractivity contribution in [2.24, 2.45) is 11.7 Å². The van der Waals surface area contributed by atoms with Crippen LogP contribution in [-0.2, 0) is 4.74 Å². The van der Waals surface area contributed by atoms with Crippen molar-refractivity contribution in [3.05, 3.63) is 0 Å². The Morgan fingerprint density at radius 1 is 1.28 bits per heavy atom. The average molecular weight is 255 g/mol. The van der Waals surface area contributed by atoms with Crippen LogP contribution in [0.1, 0.15) is 26.2 Å². The Morgan fingerprint density at radius 2 is 2.06 bits per heavy atom. The van der Waals surface area contributed by atoms with E-state index in [1.807, 2.05) is 0 Å². The van der Waals surface area contributed by atoms with Gasteiger partial charge in [-0.15, -0.1) is 0 Å². The van der Waals surface area contributed by atoms with Gasteiger partial charge in [0.15, 0.2) is 0 Å². The van der Waals surface area contributed by atoms with E-state index in [0.717, 1.165) is 44.8 Å². The molecule has 2 unspecified atom stereocenters. The van der Waals surface area contributed by atoms with Gasteiger partial charge in [0.25, 0.3) is 0 Å². The summed E-state index contributed by atoms with van der Waals surface area (Å²) in [4.78, 5) is 5.26. The van der Waals surface area contributed by atoms with E-state index in [1.54, 1.807) is 0 Å². The van der Waals surface area contributed by atoms with E-state index in [2.05, 4.69) is 16.7 Å². The fraction of sp³-hybridized carbons (Fsp3) is 1.00. The van der Waals surface area contributed by atoms with Gasteiger partial charge in [-0.2, -0.15) is 0 Å². The maximum absolute atomic E-state index is 5.57. The molecule has 2 rings (SSSR count). The smallest absolute Gasteiger partial charge is 0.0594 e. The van der Waals surface area contributed by atoms with Crippen LogP contribution in [0, 0.1) is 5.92 Å². The number of morpholine rings is 1. The SMILES string of the molecule is CC(CCCN)CN1CCC(N2CCOCC2)C1. The first-order valence-electron chi connectivity index (χ1n) is 7.54. The Hall–Kier alpha value is -0.160. The van der Waals surface area contributed by atoms with E-state index in [-0.39, 0.29) is 0 Å². The number of rotatable bonds is 6. The predicted molar refractivity (Wildman–Crippen MR) is 74.7 cm³/mol. The molecule has 2 fully saturated rings. The van der Waals surface area contributed by atoms with Crippen LogP contribution < -0.4 is 5.73 Å². The van der Waals surface area contributed by atoms with Gasteiger partial charge < -0.3 is 15.4 Å². The third-order valence-electron chi connectivity index (χ3n) is 4.28. The molecule has 0 radical (unpaired) electrons. The van der Waals surface area contributed by atoms with E-state index in [0.29, 0.717) is 0 Å². The second-order valence-electron chi connectivity index (χ2n) is 5.89. The highest BCUT2D eigenvalue weighted by Crippen LogP contribution is 2.19. The van der Waals surface area contributed by atoms with Crippen molar-refractivity contribution in [1.82, 2.24) is 9.80 Å². The van der Waals surface area contributed by atoms with Crippen LogP contribution in [-0.4, -0.2) is 68.3 Å². The Labute approximate surface area is 111 Å². The molecule has 18 heavy (non-hydrogen) atoms. The summed E-state index contributed by atoms with van der Waals surface area (Å²) in [6, 6.07) is 0.774. The van der Waals surface area contributed by atoms with Gasteiger partial charge in [0.05, 0.1) is 13.2 Å². The molecule has 2 aliphatic rings. The van der Waals surface area contributed by atoms with Crippen LogP contribution in [0.3, 0.4) is 0 Å². The van der Waals surface area contributed by atoms with E-state index in [1.165, 1.54) is 38.9 Å². The maximum atomic E-state index is 5.57. The molecule has 106 valence electrons. The fourth-order valence-electron chi connectivity index (χ4n) is 3.22. The number of ether oxygens (including phenoxy) is 1. The summed E-state index contributed by atoms with van der Waals surface area (Å²) in [7, 11) is 0. The molecule has 4 heteroatoms. The normalized spacial score (nSPS) is 28.7. The Bertz CT molecular complexity index is 231. The minimum atomic E-state index is 0.774. The zero-order chi connectivity index (χ0) is 12.8. The number of nitrogens with zero attached hydrogens (tertiary/aromatic N) is 2. The summed E-state index contributed by atoms with van der Waals surface area (Å²) in [6.45, 7) is 11.1. The average Bonchev–Trinajstić information content (AvgIpc) is 2.86. The van der Waals surface area contributed by atoms with E-state index in [4.69, 9.17) is 10.5 Å². The quantitative estimate of drug-likeness (QED) is 0.761. The zero-order valence-electron chi connectivity index (χ0n) is 11.8. The topological polar surface area (TPSA) is 41.7 Å². The Balaban J connectivity index is 1.67. The van der Waals surface area contributed by atoms with Gasteiger partial charge in [0.2, 0.25) is 0 Å². The summed E-state index contributed by atoms with van der Waals surface area (Å²) in [5.74, 6) is 0.789. The van der Waals surface area contributed by atoms with Gasteiger partial charge in [-0.1, -0.05) is 6.92 Å². The minimum absolute atomic E-state index is 0.774. The van der Waals surface area contributed by atoms with Crippen LogP contribution in [0.2, 0.25) is 0 Å². The lowest BCUT2D eigenvalue weighted by molar-refractivity contribution is 0.0182. The number of nitrogens with two attached hydrogens (primary N) is 1. The molecular formula is C14H29N3O. The van der Waals surface area contributed by atoms with Crippen molar-refractivity contribution in [3.63, 3.8) is 0 Å². The number of hydrogen-bond acceptors (Lipinski definition) is 4. The molecule has 0 saturated carbocycles. The molecular weight excluding hydrogens is 226 g/mol. The maximum Gasteiger partial charge on any atom is 0.0594 e. The van der Waals surface area contributed by atoms with E-state index >= 15 is 0 Å². The first-order valence-corrected chi connectivity index (χ1v) is 7.54. The van der Waals surface area contributed by atoms with Crippen molar-refractivity contribution < 1.29 is 4.74 Å². The summed E-state index contributed by atoms with van der Waals surface area (Å²) < 4.78 is 5.43. The number of hydrogen-bond donors (Lipinski definition) is 1. The van der Waals surface area contributed by atoms with E-state index in [9.17, 15) is 0 Å². The lowest BCUT2D eigenvalue weighted by Gasteiger charge is -2.32. The van der Waals surface area contributed by atoms with Gasteiger partial charge >= 0.3 is 0 Å². The van der Waals surface area contributed by atoms with Gasteiger partial charge in [-0.3, -0.25) is 4.90 Å². The van der Waals surface area contributed by atoms with Crippen LogP contribution in [0.15, 0.2) is 0 Å². The Kier molecular flexibility index (Phi) is 5.89. The summed E-state index contributed by atoms with van der Waals surface area (Å²) >= 11 is 0. The molecule has 0 aromatic carbocycles. The van der Waals surface area contributed by atoms with Crippen LogP contribution in [0.5, 0.6) is 0 Å². The van der Waals surface area contributed by atoms with Crippen LogP contribution >= 0.6 is 0 Å². The summed E-state index contributed by atoms with van der Waals surface area (Å²) in [5.41, 5.74) is 5.57. The highest BCUT2D eigenvalue weighted by molar-refractivity contribution is 4.85. The van der Waals surface area contributed by atoms with E-state index < -0.39 is 0 Å². The molecule has 2 atom stereocenters. The van der Waals surface area contributed by atoms with Gasteiger partial charge in [-0.25, -0.2) is 0 Å². The van der Waals surface area contributed by atoms with Crippen LogP contribution in [0.4, 0.5) is 0 Å². The Morgan fingerprint density at radius 3 is 2.78 bits per heavy atom.